The summed E-state index contributed by atoms with van der Waals surface area (Å²) >= 11 is 0. The zero-order valence-corrected chi connectivity index (χ0v) is 12.3. The molecule has 2 rings (SSSR count). The van der Waals surface area contributed by atoms with Crippen molar-refractivity contribution in [3.05, 3.63) is 51.8 Å². The summed E-state index contributed by atoms with van der Waals surface area (Å²) in [6, 6.07) is 7.95. The number of benzene rings is 1. The van der Waals surface area contributed by atoms with E-state index in [4.69, 9.17) is 11.0 Å². The third kappa shape index (κ3) is 2.73. The van der Waals surface area contributed by atoms with E-state index in [-0.39, 0.29) is 0 Å². The first-order chi connectivity index (χ1) is 9.56. The molecule has 0 bridgehead atoms. The van der Waals surface area contributed by atoms with E-state index >= 15 is 0 Å². The van der Waals surface area contributed by atoms with Crippen LogP contribution < -0.4 is 5.73 Å². The SMILES string of the molecule is Cc1cc(C#N)ccc1Cn1nc(C)c(CCN)c1C. The first kappa shape index (κ1) is 14.3. The molecule has 4 nitrogen and oxygen atoms in total. The molecule has 0 spiro atoms. The summed E-state index contributed by atoms with van der Waals surface area (Å²) in [6.07, 6.45) is 0.865. The van der Waals surface area contributed by atoms with E-state index in [9.17, 15) is 0 Å². The van der Waals surface area contributed by atoms with Gasteiger partial charge in [-0.3, -0.25) is 4.68 Å². The van der Waals surface area contributed by atoms with Crippen molar-refractivity contribution >= 4 is 0 Å². The second kappa shape index (κ2) is 5.89. The first-order valence-electron chi connectivity index (χ1n) is 6.79. The number of aromatic nitrogens is 2. The van der Waals surface area contributed by atoms with Crippen LogP contribution in [0.15, 0.2) is 18.2 Å². The number of nitrogens with zero attached hydrogens (tertiary/aromatic N) is 3. The van der Waals surface area contributed by atoms with Gasteiger partial charge in [-0.15, -0.1) is 0 Å². The Kier molecular flexibility index (Phi) is 4.21. The van der Waals surface area contributed by atoms with Gasteiger partial charge in [-0.05, 0) is 62.6 Å². The molecular formula is C16H20N4. The zero-order valence-electron chi connectivity index (χ0n) is 12.3. The smallest absolute Gasteiger partial charge is 0.0991 e. The van der Waals surface area contributed by atoms with Crippen molar-refractivity contribution in [2.24, 2.45) is 5.73 Å². The van der Waals surface area contributed by atoms with Crippen LogP contribution in [-0.4, -0.2) is 16.3 Å². The minimum atomic E-state index is 0.642. The van der Waals surface area contributed by atoms with Crippen LogP contribution in [0, 0.1) is 32.1 Å². The largest absolute Gasteiger partial charge is 0.330 e. The van der Waals surface area contributed by atoms with Crippen LogP contribution in [-0.2, 0) is 13.0 Å². The van der Waals surface area contributed by atoms with Gasteiger partial charge >= 0.3 is 0 Å². The lowest BCUT2D eigenvalue weighted by Gasteiger charge is -2.09. The van der Waals surface area contributed by atoms with Crippen molar-refractivity contribution in [2.45, 2.75) is 33.7 Å². The summed E-state index contributed by atoms with van der Waals surface area (Å²) in [5, 5.41) is 13.5. The van der Waals surface area contributed by atoms with Gasteiger partial charge < -0.3 is 5.73 Å². The highest BCUT2D eigenvalue weighted by molar-refractivity contribution is 5.38. The molecule has 2 aromatic rings. The van der Waals surface area contributed by atoms with Crippen LogP contribution in [0.1, 0.15) is 33.6 Å². The molecule has 1 aromatic heterocycles. The highest BCUT2D eigenvalue weighted by atomic mass is 15.3. The Bertz CT molecular complexity index is 662. The van der Waals surface area contributed by atoms with Crippen LogP contribution in [0.4, 0.5) is 0 Å². The van der Waals surface area contributed by atoms with E-state index < -0.39 is 0 Å². The van der Waals surface area contributed by atoms with Crippen LogP contribution >= 0.6 is 0 Å². The Morgan fingerprint density at radius 1 is 1.30 bits per heavy atom. The number of hydrogen-bond donors (Lipinski definition) is 1. The summed E-state index contributed by atoms with van der Waals surface area (Å²) in [5.41, 5.74) is 12.1. The molecule has 4 heteroatoms. The third-order valence-corrected chi connectivity index (χ3v) is 3.72. The lowest BCUT2D eigenvalue weighted by Crippen LogP contribution is -2.07. The van der Waals surface area contributed by atoms with Crippen LogP contribution in [0.25, 0.3) is 0 Å². The van der Waals surface area contributed by atoms with Crippen LogP contribution in [0.5, 0.6) is 0 Å². The molecule has 0 saturated carbocycles. The van der Waals surface area contributed by atoms with E-state index in [0.717, 1.165) is 24.2 Å². The maximum atomic E-state index is 8.91. The average Bonchev–Trinajstić information content (AvgIpc) is 2.69. The van der Waals surface area contributed by atoms with Gasteiger partial charge in [-0.25, -0.2) is 0 Å². The van der Waals surface area contributed by atoms with E-state index in [1.807, 2.05) is 36.7 Å². The number of nitriles is 1. The van der Waals surface area contributed by atoms with E-state index in [0.29, 0.717) is 12.1 Å². The van der Waals surface area contributed by atoms with E-state index in [2.05, 4.69) is 18.1 Å². The first-order valence-corrected chi connectivity index (χ1v) is 6.79. The Labute approximate surface area is 119 Å². The minimum Gasteiger partial charge on any atom is -0.330 e. The summed E-state index contributed by atoms with van der Waals surface area (Å²) in [4.78, 5) is 0. The number of aryl methyl sites for hydroxylation is 2. The molecule has 0 radical (unpaired) electrons. The molecular weight excluding hydrogens is 248 g/mol. The average molecular weight is 268 g/mol. The lowest BCUT2D eigenvalue weighted by atomic mass is 10.1. The Morgan fingerprint density at radius 3 is 2.65 bits per heavy atom. The van der Waals surface area contributed by atoms with E-state index in [1.165, 1.54) is 16.8 Å². The molecule has 0 atom stereocenters. The third-order valence-electron chi connectivity index (χ3n) is 3.72. The van der Waals surface area contributed by atoms with Crippen molar-refractivity contribution in [1.82, 2.24) is 9.78 Å². The zero-order chi connectivity index (χ0) is 14.7. The van der Waals surface area contributed by atoms with Gasteiger partial charge in [0.2, 0.25) is 0 Å². The van der Waals surface area contributed by atoms with Crippen LogP contribution in [0.2, 0.25) is 0 Å². The van der Waals surface area contributed by atoms with Crippen molar-refractivity contribution < 1.29 is 0 Å². The maximum Gasteiger partial charge on any atom is 0.0991 e. The monoisotopic (exact) mass is 268 g/mol. The van der Waals surface area contributed by atoms with Gasteiger partial charge in [0.05, 0.1) is 23.9 Å². The second-order valence-corrected chi connectivity index (χ2v) is 5.10. The molecule has 0 aliphatic heterocycles. The lowest BCUT2D eigenvalue weighted by molar-refractivity contribution is 0.655. The Balaban J connectivity index is 2.31. The maximum absolute atomic E-state index is 8.91. The predicted octanol–water partition coefficient (Wildman–Crippen LogP) is 2.23. The number of hydrogen-bond acceptors (Lipinski definition) is 3. The summed E-state index contributed by atoms with van der Waals surface area (Å²) in [6.45, 7) is 7.52. The molecule has 2 N–H and O–H groups in total. The van der Waals surface area contributed by atoms with Crippen molar-refractivity contribution in [2.75, 3.05) is 6.54 Å². The molecule has 1 heterocycles. The normalized spacial score (nSPS) is 10.6. The fraction of sp³-hybridized carbons (Fsp3) is 0.375. The minimum absolute atomic E-state index is 0.642. The molecule has 0 fully saturated rings. The molecule has 104 valence electrons. The second-order valence-electron chi connectivity index (χ2n) is 5.10. The highest BCUT2D eigenvalue weighted by Crippen LogP contribution is 2.17. The van der Waals surface area contributed by atoms with Crippen molar-refractivity contribution in [1.29, 1.82) is 5.26 Å². The van der Waals surface area contributed by atoms with Gasteiger partial charge in [0.25, 0.3) is 0 Å². The quantitative estimate of drug-likeness (QED) is 0.924. The molecule has 0 aliphatic carbocycles. The molecule has 0 aliphatic rings. The van der Waals surface area contributed by atoms with E-state index in [1.54, 1.807) is 0 Å². The predicted molar refractivity (Wildman–Crippen MR) is 79.5 cm³/mol. The molecule has 20 heavy (non-hydrogen) atoms. The van der Waals surface area contributed by atoms with Gasteiger partial charge in [-0.1, -0.05) is 6.07 Å². The van der Waals surface area contributed by atoms with Gasteiger partial charge in [0.1, 0.15) is 0 Å². The summed E-state index contributed by atoms with van der Waals surface area (Å²) in [5.74, 6) is 0. The Hall–Kier alpha value is -2.12. The summed E-state index contributed by atoms with van der Waals surface area (Å²) < 4.78 is 2.02. The van der Waals surface area contributed by atoms with Gasteiger partial charge in [-0.2, -0.15) is 10.4 Å². The summed E-state index contributed by atoms with van der Waals surface area (Å²) in [7, 11) is 0. The van der Waals surface area contributed by atoms with Gasteiger partial charge in [0, 0.05) is 5.69 Å². The fourth-order valence-electron chi connectivity index (χ4n) is 2.50. The molecule has 0 amide bonds. The molecule has 0 unspecified atom stereocenters. The molecule has 1 aromatic carbocycles. The number of rotatable bonds is 4. The van der Waals surface area contributed by atoms with Gasteiger partial charge in [0.15, 0.2) is 0 Å². The topological polar surface area (TPSA) is 67.6 Å². The van der Waals surface area contributed by atoms with Crippen molar-refractivity contribution in [3.63, 3.8) is 0 Å². The fourth-order valence-corrected chi connectivity index (χ4v) is 2.50. The standard InChI is InChI=1S/C16H20N4/c1-11-8-14(9-18)4-5-15(11)10-20-13(3)16(6-7-17)12(2)19-20/h4-5,8H,6-7,10,17H2,1-3H3. The van der Waals surface area contributed by atoms with Crippen molar-refractivity contribution in [3.8, 4) is 6.07 Å². The highest BCUT2D eigenvalue weighted by Gasteiger charge is 2.11. The van der Waals surface area contributed by atoms with Crippen LogP contribution in [0.3, 0.4) is 0 Å². The Morgan fingerprint density at radius 2 is 2.05 bits per heavy atom. The molecule has 0 saturated heterocycles. The number of nitrogens with two attached hydrogens (primary N) is 1.